The Morgan fingerprint density at radius 2 is 1.76 bits per heavy atom. The lowest BCUT2D eigenvalue weighted by Crippen LogP contribution is -2.23. The van der Waals surface area contributed by atoms with E-state index in [1.54, 1.807) is 30.3 Å². The number of oxazole rings is 1. The molecule has 0 fully saturated rings. The SMILES string of the molecule is Cc1nc2ccc(C(=O)n3c(=O)oc4cc(N)ccc43)cc2nc1C. The Morgan fingerprint density at radius 1 is 1.04 bits per heavy atom. The van der Waals surface area contributed by atoms with E-state index in [-0.39, 0.29) is 5.58 Å². The van der Waals surface area contributed by atoms with Crippen molar-refractivity contribution in [3.05, 3.63) is 63.9 Å². The Labute approximate surface area is 141 Å². The van der Waals surface area contributed by atoms with Gasteiger partial charge in [-0.15, -0.1) is 0 Å². The third kappa shape index (κ3) is 2.37. The smallest absolute Gasteiger partial charge is 0.407 e. The highest BCUT2D eigenvalue weighted by molar-refractivity contribution is 6.02. The standard InChI is InChI=1S/C18H14N4O3/c1-9-10(2)21-14-7-11(3-5-13(14)20-9)17(23)22-15-6-4-12(19)8-16(15)25-18(22)24/h3-8H,19H2,1-2H3. The van der Waals surface area contributed by atoms with Crippen molar-refractivity contribution < 1.29 is 9.21 Å². The van der Waals surface area contributed by atoms with Crippen molar-refractivity contribution >= 4 is 33.7 Å². The van der Waals surface area contributed by atoms with Crippen molar-refractivity contribution in [2.75, 3.05) is 5.73 Å². The largest absolute Gasteiger partial charge is 0.427 e. The average Bonchev–Trinajstić information content (AvgIpc) is 2.89. The minimum absolute atomic E-state index is 0.269. The van der Waals surface area contributed by atoms with Crippen LogP contribution in [-0.2, 0) is 0 Å². The normalized spacial score (nSPS) is 11.3. The fraction of sp³-hybridized carbons (Fsp3) is 0.111. The number of aromatic nitrogens is 3. The van der Waals surface area contributed by atoms with Gasteiger partial charge in [-0.1, -0.05) is 0 Å². The summed E-state index contributed by atoms with van der Waals surface area (Å²) >= 11 is 0. The van der Waals surface area contributed by atoms with Gasteiger partial charge >= 0.3 is 5.76 Å². The van der Waals surface area contributed by atoms with Crippen LogP contribution in [0.15, 0.2) is 45.6 Å². The second-order valence-electron chi connectivity index (χ2n) is 5.83. The van der Waals surface area contributed by atoms with Crippen LogP contribution < -0.4 is 11.5 Å². The summed E-state index contributed by atoms with van der Waals surface area (Å²) in [5.74, 6) is -1.24. The average molecular weight is 334 g/mol. The molecule has 2 heterocycles. The van der Waals surface area contributed by atoms with Crippen molar-refractivity contribution in [2.45, 2.75) is 13.8 Å². The van der Waals surface area contributed by atoms with Crippen LogP contribution in [0.3, 0.4) is 0 Å². The van der Waals surface area contributed by atoms with E-state index in [0.717, 1.165) is 16.0 Å². The second kappa shape index (κ2) is 5.27. The summed E-state index contributed by atoms with van der Waals surface area (Å²) in [6.45, 7) is 3.73. The number of nitrogens with two attached hydrogens (primary N) is 1. The molecule has 0 aliphatic heterocycles. The first-order chi connectivity index (χ1) is 11.9. The molecule has 0 saturated heterocycles. The van der Waals surface area contributed by atoms with Crippen LogP contribution in [-0.4, -0.2) is 20.4 Å². The van der Waals surface area contributed by atoms with Gasteiger partial charge in [-0.2, -0.15) is 0 Å². The molecule has 0 atom stereocenters. The monoisotopic (exact) mass is 334 g/mol. The first-order valence-electron chi connectivity index (χ1n) is 7.65. The highest BCUT2D eigenvalue weighted by Gasteiger charge is 2.18. The number of carbonyl (C=O) groups is 1. The Hall–Kier alpha value is -3.48. The first-order valence-corrected chi connectivity index (χ1v) is 7.65. The van der Waals surface area contributed by atoms with Crippen LogP contribution in [0, 0.1) is 13.8 Å². The molecule has 25 heavy (non-hydrogen) atoms. The van der Waals surface area contributed by atoms with E-state index < -0.39 is 11.7 Å². The Balaban J connectivity index is 1.89. The van der Waals surface area contributed by atoms with Crippen LogP contribution in [0.5, 0.6) is 0 Å². The van der Waals surface area contributed by atoms with E-state index >= 15 is 0 Å². The number of nitrogens with zero attached hydrogens (tertiary/aromatic N) is 3. The molecule has 7 heteroatoms. The third-order valence-electron chi connectivity index (χ3n) is 4.13. The van der Waals surface area contributed by atoms with Crippen molar-refractivity contribution in [3.8, 4) is 0 Å². The Bertz CT molecular complexity index is 1220. The van der Waals surface area contributed by atoms with Gasteiger partial charge < -0.3 is 10.2 Å². The summed E-state index contributed by atoms with van der Waals surface area (Å²) in [6, 6.07) is 9.67. The molecule has 0 saturated carbocycles. The zero-order valence-corrected chi connectivity index (χ0v) is 13.6. The van der Waals surface area contributed by atoms with Crippen molar-refractivity contribution in [2.24, 2.45) is 0 Å². The molecule has 2 aromatic heterocycles. The van der Waals surface area contributed by atoms with Crippen LogP contribution >= 0.6 is 0 Å². The first kappa shape index (κ1) is 15.1. The summed E-state index contributed by atoms with van der Waals surface area (Å²) in [6.07, 6.45) is 0. The summed E-state index contributed by atoms with van der Waals surface area (Å²) in [4.78, 5) is 33.9. The minimum Gasteiger partial charge on any atom is -0.407 e. The van der Waals surface area contributed by atoms with Gasteiger partial charge in [-0.25, -0.2) is 19.3 Å². The van der Waals surface area contributed by atoms with Crippen molar-refractivity contribution in [1.82, 2.24) is 14.5 Å². The van der Waals surface area contributed by atoms with Gasteiger partial charge in [0, 0.05) is 17.3 Å². The van der Waals surface area contributed by atoms with Crippen molar-refractivity contribution in [3.63, 3.8) is 0 Å². The lowest BCUT2D eigenvalue weighted by Gasteiger charge is -2.05. The Morgan fingerprint density at radius 3 is 2.52 bits per heavy atom. The molecule has 0 amide bonds. The topological polar surface area (TPSA) is 104 Å². The molecule has 0 aliphatic rings. The highest BCUT2D eigenvalue weighted by atomic mass is 16.4. The van der Waals surface area contributed by atoms with Gasteiger partial charge in [0.1, 0.15) is 0 Å². The van der Waals surface area contributed by atoms with Gasteiger partial charge in [0.25, 0.3) is 5.91 Å². The van der Waals surface area contributed by atoms with E-state index in [2.05, 4.69) is 9.97 Å². The minimum atomic E-state index is -0.753. The van der Waals surface area contributed by atoms with E-state index in [1.807, 2.05) is 13.8 Å². The summed E-state index contributed by atoms with van der Waals surface area (Å²) in [5.41, 5.74) is 10.0. The molecule has 4 rings (SSSR count). The maximum Gasteiger partial charge on any atom is 0.427 e. The van der Waals surface area contributed by atoms with Crippen molar-refractivity contribution in [1.29, 1.82) is 0 Å². The summed E-state index contributed by atoms with van der Waals surface area (Å²) in [7, 11) is 0. The number of rotatable bonds is 1. The van der Waals surface area contributed by atoms with Crippen LogP contribution in [0.4, 0.5) is 5.69 Å². The molecule has 0 unspecified atom stereocenters. The van der Waals surface area contributed by atoms with Gasteiger partial charge in [0.2, 0.25) is 0 Å². The zero-order chi connectivity index (χ0) is 17.7. The molecule has 0 radical (unpaired) electrons. The third-order valence-corrected chi connectivity index (χ3v) is 4.13. The van der Waals surface area contributed by atoms with Gasteiger partial charge in [-0.05, 0) is 44.2 Å². The van der Waals surface area contributed by atoms with Crippen LogP contribution in [0.25, 0.3) is 22.1 Å². The molecule has 4 aromatic rings. The van der Waals surface area contributed by atoms with E-state index in [9.17, 15) is 9.59 Å². The van der Waals surface area contributed by atoms with E-state index in [0.29, 0.717) is 27.8 Å². The maximum atomic E-state index is 12.8. The highest BCUT2D eigenvalue weighted by Crippen LogP contribution is 2.19. The molecular weight excluding hydrogens is 320 g/mol. The number of benzene rings is 2. The lowest BCUT2D eigenvalue weighted by atomic mass is 10.1. The number of carbonyl (C=O) groups excluding carboxylic acids is 1. The fourth-order valence-corrected chi connectivity index (χ4v) is 2.72. The fourth-order valence-electron chi connectivity index (χ4n) is 2.72. The number of anilines is 1. The second-order valence-corrected chi connectivity index (χ2v) is 5.83. The van der Waals surface area contributed by atoms with Gasteiger partial charge in [0.15, 0.2) is 5.58 Å². The maximum absolute atomic E-state index is 12.8. The number of aryl methyl sites for hydroxylation is 2. The zero-order valence-electron chi connectivity index (χ0n) is 13.6. The van der Waals surface area contributed by atoms with E-state index in [1.165, 1.54) is 6.07 Å². The summed E-state index contributed by atoms with van der Waals surface area (Å²) in [5, 5.41) is 0. The lowest BCUT2D eigenvalue weighted by molar-refractivity contribution is 0.0956. The predicted molar refractivity (Wildman–Crippen MR) is 93.6 cm³/mol. The van der Waals surface area contributed by atoms with Crippen LogP contribution in [0.2, 0.25) is 0 Å². The number of fused-ring (bicyclic) bond motifs is 2. The van der Waals surface area contributed by atoms with Gasteiger partial charge in [0.05, 0.1) is 27.9 Å². The molecule has 7 nitrogen and oxygen atoms in total. The van der Waals surface area contributed by atoms with E-state index in [4.69, 9.17) is 10.2 Å². The summed E-state index contributed by atoms with van der Waals surface area (Å²) < 4.78 is 6.11. The molecule has 0 aliphatic carbocycles. The molecule has 0 bridgehead atoms. The molecule has 124 valence electrons. The molecule has 0 spiro atoms. The van der Waals surface area contributed by atoms with Crippen LogP contribution in [0.1, 0.15) is 21.7 Å². The molecular formula is C18H14N4O3. The molecule has 2 N–H and O–H groups in total. The quantitative estimate of drug-likeness (QED) is 0.536. The molecule has 2 aromatic carbocycles. The predicted octanol–water partition coefficient (Wildman–Crippen LogP) is 2.43. The van der Waals surface area contributed by atoms with Gasteiger partial charge in [-0.3, -0.25) is 4.79 Å². The number of nitrogen functional groups attached to an aromatic ring is 1. The number of hydrogen-bond acceptors (Lipinski definition) is 6. The number of hydrogen-bond donors (Lipinski definition) is 1. The Kier molecular flexibility index (Phi) is 3.18.